The van der Waals surface area contributed by atoms with Crippen LogP contribution < -0.4 is 10.6 Å². The Balaban J connectivity index is 1.07. The minimum absolute atomic E-state index is 0.0105. The van der Waals surface area contributed by atoms with E-state index in [1.807, 2.05) is 48.5 Å². The number of carbonyl (C=O) groups excluding carboxylic acids is 3. The molecule has 10 nitrogen and oxygen atoms in total. The van der Waals surface area contributed by atoms with Crippen molar-refractivity contribution in [2.75, 3.05) is 26.3 Å². The van der Waals surface area contributed by atoms with Gasteiger partial charge in [0.15, 0.2) is 8.38 Å². The number of unbranched alkanes of at least 4 members (excludes halogenated alkanes) is 4. The molecule has 0 aliphatic heterocycles. The predicted molar refractivity (Wildman–Crippen MR) is 219 cm³/mol. The van der Waals surface area contributed by atoms with Crippen LogP contribution in [0.2, 0.25) is 0 Å². The number of alkyl carbamates (subject to hydrolysis) is 1. The van der Waals surface area contributed by atoms with Crippen molar-refractivity contribution in [3.05, 3.63) is 70.8 Å². The molecule has 2 aromatic rings. The minimum atomic E-state index is -1.24. The van der Waals surface area contributed by atoms with Gasteiger partial charge < -0.3 is 29.5 Å². The van der Waals surface area contributed by atoms with Gasteiger partial charge in [0.1, 0.15) is 11.9 Å². The van der Waals surface area contributed by atoms with Crippen LogP contribution >= 0.6 is 8.38 Å². The Morgan fingerprint density at radius 2 is 1.54 bits per heavy atom. The lowest BCUT2D eigenvalue weighted by atomic mass is 9.90. The molecule has 0 saturated heterocycles. The van der Waals surface area contributed by atoms with Crippen LogP contribution in [0.5, 0.6) is 0 Å². The van der Waals surface area contributed by atoms with Gasteiger partial charge in [-0.05, 0) is 74.0 Å². The SMILES string of the molecule is CC(C)C(C(C)C)P(OCCC#N)O[C@H]1CC(C(=O)CCCCCNC(=O)CCCCCNC(=O)OC2Cc3ccccc3C#Cc3ccccc32)[C@H](CO)C1. The molecule has 3 unspecified atom stereocenters. The Labute approximate surface area is 335 Å². The number of rotatable bonds is 23. The molecule has 304 valence electrons. The molecule has 4 rings (SSSR count). The summed E-state index contributed by atoms with van der Waals surface area (Å²) in [5.41, 5.74) is 3.96. The number of amides is 2. The molecule has 2 aromatic carbocycles. The van der Waals surface area contributed by atoms with Crippen LogP contribution in [0.25, 0.3) is 0 Å². The summed E-state index contributed by atoms with van der Waals surface area (Å²) in [6.45, 7) is 9.99. The lowest BCUT2D eigenvalue weighted by Crippen LogP contribution is -2.28. The van der Waals surface area contributed by atoms with Crippen LogP contribution in [0.4, 0.5) is 4.79 Å². The number of nitrogens with one attached hydrogen (secondary N) is 2. The molecule has 2 aliphatic carbocycles. The summed E-state index contributed by atoms with van der Waals surface area (Å²) < 4.78 is 18.6. The zero-order valence-corrected chi connectivity index (χ0v) is 34.7. The second-order valence-corrected chi connectivity index (χ2v) is 17.3. The van der Waals surface area contributed by atoms with E-state index in [2.05, 4.69) is 56.2 Å². The van der Waals surface area contributed by atoms with Crippen LogP contribution in [0.3, 0.4) is 0 Å². The molecule has 11 heteroatoms. The van der Waals surface area contributed by atoms with Crippen molar-refractivity contribution in [1.82, 2.24) is 10.6 Å². The highest BCUT2D eigenvalue weighted by Gasteiger charge is 2.41. The average Bonchev–Trinajstić information content (AvgIpc) is 3.59. The topological polar surface area (TPSA) is 147 Å². The monoisotopic (exact) mass is 787 g/mol. The van der Waals surface area contributed by atoms with Gasteiger partial charge in [-0.1, -0.05) is 88.8 Å². The zero-order chi connectivity index (χ0) is 40.3. The van der Waals surface area contributed by atoms with E-state index in [0.717, 1.165) is 60.8 Å². The molecule has 0 radical (unpaired) electrons. The van der Waals surface area contributed by atoms with E-state index in [9.17, 15) is 19.5 Å². The van der Waals surface area contributed by atoms with E-state index < -0.39 is 20.6 Å². The Hall–Kier alpha value is -3.79. The Morgan fingerprint density at radius 3 is 2.25 bits per heavy atom. The Kier molecular flexibility index (Phi) is 19.3. The first-order valence-electron chi connectivity index (χ1n) is 20.6. The molecular formula is C45H62N3O7P. The van der Waals surface area contributed by atoms with Crippen molar-refractivity contribution >= 4 is 26.2 Å². The van der Waals surface area contributed by atoms with E-state index >= 15 is 0 Å². The van der Waals surface area contributed by atoms with Gasteiger partial charge in [-0.15, -0.1) is 0 Å². The molecule has 0 aromatic heterocycles. The summed E-state index contributed by atoms with van der Waals surface area (Å²) in [4.78, 5) is 38.4. The highest BCUT2D eigenvalue weighted by atomic mass is 31.2. The molecule has 56 heavy (non-hydrogen) atoms. The highest BCUT2D eigenvalue weighted by molar-refractivity contribution is 7.48. The molecule has 2 aliphatic rings. The number of benzene rings is 2. The number of Topliss-reactive ketones (excluding diaryl/α,β-unsaturated/α-hetero) is 1. The van der Waals surface area contributed by atoms with Gasteiger partial charge in [0, 0.05) is 67.2 Å². The van der Waals surface area contributed by atoms with Crippen molar-refractivity contribution in [2.24, 2.45) is 23.7 Å². The number of nitrogens with zero attached hydrogens (tertiary/aromatic N) is 1. The number of ether oxygens (including phenoxy) is 1. The van der Waals surface area contributed by atoms with E-state index in [0.29, 0.717) is 70.1 Å². The molecule has 1 fully saturated rings. The van der Waals surface area contributed by atoms with E-state index in [-0.39, 0.29) is 41.9 Å². The van der Waals surface area contributed by atoms with E-state index in [1.54, 1.807) is 0 Å². The summed E-state index contributed by atoms with van der Waals surface area (Å²) in [6.07, 6.45) is 6.55. The van der Waals surface area contributed by atoms with Crippen LogP contribution in [0.1, 0.15) is 127 Å². The van der Waals surface area contributed by atoms with Gasteiger partial charge in [0.25, 0.3) is 0 Å². The minimum Gasteiger partial charge on any atom is -0.441 e. The molecule has 2 amide bonds. The van der Waals surface area contributed by atoms with Crippen molar-refractivity contribution in [3.8, 4) is 17.9 Å². The maximum atomic E-state index is 13.2. The number of carbonyl (C=O) groups is 3. The summed E-state index contributed by atoms with van der Waals surface area (Å²) in [7, 11) is -1.24. The number of nitriles is 1. The molecule has 0 spiro atoms. The van der Waals surface area contributed by atoms with Crippen LogP contribution in [-0.2, 0) is 29.8 Å². The molecule has 3 N–H and O–H groups in total. The number of hydrogen-bond donors (Lipinski definition) is 3. The Bertz CT molecular complexity index is 1660. The van der Waals surface area contributed by atoms with Crippen LogP contribution in [0.15, 0.2) is 48.5 Å². The maximum absolute atomic E-state index is 13.2. The fraction of sp³-hybridized carbons (Fsp3) is 0.600. The smallest absolute Gasteiger partial charge is 0.407 e. The van der Waals surface area contributed by atoms with Gasteiger partial charge in [-0.2, -0.15) is 5.26 Å². The fourth-order valence-corrected chi connectivity index (χ4v) is 9.92. The van der Waals surface area contributed by atoms with Gasteiger partial charge in [0.2, 0.25) is 5.91 Å². The van der Waals surface area contributed by atoms with Gasteiger partial charge in [0.05, 0.1) is 25.2 Å². The van der Waals surface area contributed by atoms with Gasteiger partial charge in [-0.3, -0.25) is 9.59 Å². The first-order valence-corrected chi connectivity index (χ1v) is 21.8. The number of aliphatic hydroxyl groups is 1. The summed E-state index contributed by atoms with van der Waals surface area (Å²) in [5.74, 6) is 7.02. The number of fused-ring (bicyclic) bond motifs is 2. The summed E-state index contributed by atoms with van der Waals surface area (Å²) >= 11 is 0. The first-order chi connectivity index (χ1) is 27.1. The number of ketones is 1. The third-order valence-corrected chi connectivity index (χ3v) is 13.3. The van der Waals surface area contributed by atoms with Crippen LogP contribution in [0, 0.1) is 46.8 Å². The molecule has 0 bridgehead atoms. The maximum Gasteiger partial charge on any atom is 0.407 e. The standard InChI is InChI=1S/C45H62N3O7P/c1-32(2)44(33(3)4)56(53-27-15-24-46)55-38-28-37(31-49)40(30-38)41(50)20-7-5-13-25-47-43(51)21-8-6-14-26-48-45(52)54-42-29-36-18-10-9-16-34(36)22-23-35-17-11-12-19-39(35)42/h9-12,16-19,32-33,37-38,40,42,44,49H,5-8,13-15,20-21,25-31H2,1-4H3,(H,47,51)(H,48,52)/t37-,38+,40?,42?,56?/m0/s1. The average molecular weight is 788 g/mol. The largest absolute Gasteiger partial charge is 0.441 e. The predicted octanol–water partition coefficient (Wildman–Crippen LogP) is 8.54. The third kappa shape index (κ3) is 14.3. The highest BCUT2D eigenvalue weighted by Crippen LogP contribution is 2.53. The van der Waals surface area contributed by atoms with E-state index in [1.165, 1.54) is 0 Å². The second kappa shape index (κ2) is 24.1. The second-order valence-electron chi connectivity index (χ2n) is 15.7. The summed E-state index contributed by atoms with van der Waals surface area (Å²) in [5, 5.41) is 25.0. The van der Waals surface area contributed by atoms with Crippen molar-refractivity contribution in [2.45, 2.75) is 123 Å². The fourth-order valence-electron chi connectivity index (χ4n) is 7.84. The quantitative estimate of drug-likeness (QED) is 0.0577. The molecule has 1 saturated carbocycles. The first kappa shape index (κ1) is 44.9. The van der Waals surface area contributed by atoms with E-state index in [4.69, 9.17) is 19.0 Å². The molecule has 5 atom stereocenters. The van der Waals surface area contributed by atoms with Gasteiger partial charge >= 0.3 is 6.09 Å². The van der Waals surface area contributed by atoms with Crippen LogP contribution in [-0.4, -0.2) is 61.0 Å². The lowest BCUT2D eigenvalue weighted by molar-refractivity contribution is -0.124. The van der Waals surface area contributed by atoms with Crippen molar-refractivity contribution in [1.29, 1.82) is 5.26 Å². The molecule has 0 heterocycles. The number of aliphatic hydroxyl groups excluding tert-OH is 1. The normalized spacial score (nSPS) is 19.2. The lowest BCUT2D eigenvalue weighted by Gasteiger charge is -2.33. The number of hydrogen-bond acceptors (Lipinski definition) is 8. The van der Waals surface area contributed by atoms with Crippen molar-refractivity contribution in [3.63, 3.8) is 0 Å². The van der Waals surface area contributed by atoms with Gasteiger partial charge in [-0.25, -0.2) is 4.79 Å². The Morgan fingerprint density at radius 1 is 0.875 bits per heavy atom. The summed E-state index contributed by atoms with van der Waals surface area (Å²) in [6, 6.07) is 17.9. The van der Waals surface area contributed by atoms with Crippen molar-refractivity contribution < 1.29 is 33.3 Å². The molecular weight excluding hydrogens is 725 g/mol. The third-order valence-electron chi connectivity index (χ3n) is 10.7. The zero-order valence-electron chi connectivity index (χ0n) is 33.8.